The standard InChI is InChI=1S/C11H8ClN3/c1-7-9(6-13)10(12)11(15-7)8-2-4-14-5-3-8/h2-5,15H,1H3. The molecule has 2 aromatic heterocycles. The smallest absolute Gasteiger partial charge is 0.103 e. The Morgan fingerprint density at radius 2 is 2.07 bits per heavy atom. The van der Waals surface area contributed by atoms with Gasteiger partial charge in [0.05, 0.1) is 16.3 Å². The third kappa shape index (κ3) is 1.60. The zero-order chi connectivity index (χ0) is 10.8. The van der Waals surface area contributed by atoms with Gasteiger partial charge in [0.2, 0.25) is 0 Å². The molecule has 0 aliphatic rings. The van der Waals surface area contributed by atoms with Gasteiger partial charge in [-0.2, -0.15) is 5.26 Å². The summed E-state index contributed by atoms with van der Waals surface area (Å²) in [4.78, 5) is 7.03. The number of hydrogen-bond donors (Lipinski definition) is 1. The maximum atomic E-state index is 8.89. The van der Waals surface area contributed by atoms with Crippen molar-refractivity contribution >= 4 is 11.6 Å². The van der Waals surface area contributed by atoms with E-state index in [2.05, 4.69) is 16.0 Å². The minimum atomic E-state index is 0.473. The number of nitriles is 1. The highest BCUT2D eigenvalue weighted by Crippen LogP contribution is 2.31. The molecule has 0 saturated heterocycles. The van der Waals surface area contributed by atoms with E-state index in [-0.39, 0.29) is 0 Å². The van der Waals surface area contributed by atoms with Crippen LogP contribution in [0.4, 0.5) is 0 Å². The lowest BCUT2D eigenvalue weighted by Gasteiger charge is -1.97. The van der Waals surface area contributed by atoms with Crippen molar-refractivity contribution in [2.24, 2.45) is 0 Å². The topological polar surface area (TPSA) is 52.5 Å². The summed E-state index contributed by atoms with van der Waals surface area (Å²) in [5.41, 5.74) is 2.99. The van der Waals surface area contributed by atoms with Crippen LogP contribution in [-0.4, -0.2) is 9.97 Å². The minimum absolute atomic E-state index is 0.473. The van der Waals surface area contributed by atoms with Crippen LogP contribution >= 0.6 is 11.6 Å². The summed E-state index contributed by atoms with van der Waals surface area (Å²) in [6.07, 6.45) is 3.38. The van der Waals surface area contributed by atoms with Gasteiger partial charge in [-0.1, -0.05) is 11.6 Å². The Labute approximate surface area is 92.3 Å². The third-order valence-corrected chi connectivity index (χ3v) is 2.59. The second-order valence-electron chi connectivity index (χ2n) is 3.16. The molecule has 0 fully saturated rings. The van der Waals surface area contributed by atoms with E-state index in [1.54, 1.807) is 12.4 Å². The molecule has 15 heavy (non-hydrogen) atoms. The van der Waals surface area contributed by atoms with E-state index >= 15 is 0 Å². The zero-order valence-electron chi connectivity index (χ0n) is 8.08. The van der Waals surface area contributed by atoms with Crippen LogP contribution in [0.25, 0.3) is 11.3 Å². The summed E-state index contributed by atoms with van der Waals surface area (Å²) in [6.45, 7) is 1.83. The molecule has 1 N–H and O–H groups in total. The Balaban J connectivity index is 2.62. The van der Waals surface area contributed by atoms with Crippen LogP contribution < -0.4 is 0 Å². The van der Waals surface area contributed by atoms with E-state index in [1.807, 2.05) is 19.1 Å². The summed E-state index contributed by atoms with van der Waals surface area (Å²) >= 11 is 6.09. The molecule has 0 unspecified atom stereocenters. The first-order chi connectivity index (χ1) is 7.24. The minimum Gasteiger partial charge on any atom is -0.356 e. The lowest BCUT2D eigenvalue weighted by molar-refractivity contribution is 1.24. The number of hydrogen-bond acceptors (Lipinski definition) is 2. The number of halogens is 1. The highest BCUT2D eigenvalue weighted by atomic mass is 35.5. The van der Waals surface area contributed by atoms with Crippen molar-refractivity contribution in [3.8, 4) is 17.3 Å². The Bertz CT molecular complexity index is 523. The van der Waals surface area contributed by atoms with Crippen molar-refractivity contribution in [3.05, 3.63) is 40.8 Å². The normalized spacial score (nSPS) is 9.93. The van der Waals surface area contributed by atoms with Crippen LogP contribution in [0.5, 0.6) is 0 Å². The van der Waals surface area contributed by atoms with Crippen LogP contribution in [0.15, 0.2) is 24.5 Å². The van der Waals surface area contributed by atoms with Gasteiger partial charge in [-0.25, -0.2) is 0 Å². The van der Waals surface area contributed by atoms with Crippen LogP contribution in [0.2, 0.25) is 5.02 Å². The lowest BCUT2D eigenvalue weighted by Crippen LogP contribution is -1.79. The molecular weight excluding hydrogens is 210 g/mol. The molecule has 0 saturated carbocycles. The summed E-state index contributed by atoms with van der Waals surface area (Å²) in [7, 11) is 0. The Morgan fingerprint density at radius 1 is 1.40 bits per heavy atom. The van der Waals surface area contributed by atoms with Crippen molar-refractivity contribution in [2.45, 2.75) is 6.92 Å². The fraction of sp³-hybridized carbons (Fsp3) is 0.0909. The number of nitrogens with zero attached hydrogens (tertiary/aromatic N) is 2. The molecule has 0 aliphatic carbocycles. The van der Waals surface area contributed by atoms with Gasteiger partial charge in [-0.05, 0) is 19.1 Å². The maximum Gasteiger partial charge on any atom is 0.103 e. The van der Waals surface area contributed by atoms with Gasteiger partial charge in [0.1, 0.15) is 6.07 Å². The van der Waals surface area contributed by atoms with Crippen molar-refractivity contribution in [2.75, 3.05) is 0 Å². The molecule has 0 atom stereocenters. The summed E-state index contributed by atoms with van der Waals surface area (Å²) in [6, 6.07) is 5.77. The number of pyridine rings is 1. The summed E-state index contributed by atoms with van der Waals surface area (Å²) in [5, 5.41) is 9.37. The monoisotopic (exact) mass is 217 g/mol. The molecule has 74 valence electrons. The number of nitrogens with one attached hydrogen (secondary N) is 1. The first-order valence-electron chi connectivity index (χ1n) is 4.42. The number of aromatic nitrogens is 2. The molecule has 0 aliphatic heterocycles. The van der Waals surface area contributed by atoms with E-state index in [0.29, 0.717) is 10.6 Å². The molecule has 2 aromatic rings. The third-order valence-electron chi connectivity index (χ3n) is 2.21. The summed E-state index contributed by atoms with van der Waals surface area (Å²) in [5.74, 6) is 0. The largest absolute Gasteiger partial charge is 0.356 e. The number of aromatic amines is 1. The molecule has 0 radical (unpaired) electrons. The van der Waals surface area contributed by atoms with E-state index < -0.39 is 0 Å². The quantitative estimate of drug-likeness (QED) is 0.799. The highest BCUT2D eigenvalue weighted by molar-refractivity contribution is 6.34. The highest BCUT2D eigenvalue weighted by Gasteiger charge is 2.13. The average Bonchev–Trinajstić information content (AvgIpc) is 2.55. The zero-order valence-corrected chi connectivity index (χ0v) is 8.84. The Hall–Kier alpha value is -1.79. The Morgan fingerprint density at radius 3 is 2.60 bits per heavy atom. The fourth-order valence-electron chi connectivity index (χ4n) is 1.44. The Kier molecular flexibility index (Phi) is 2.44. The van der Waals surface area contributed by atoms with Crippen molar-refractivity contribution in [1.29, 1.82) is 5.26 Å². The molecular formula is C11H8ClN3. The van der Waals surface area contributed by atoms with Crippen LogP contribution in [0.1, 0.15) is 11.3 Å². The van der Waals surface area contributed by atoms with E-state index in [0.717, 1.165) is 17.0 Å². The molecule has 4 heteroatoms. The SMILES string of the molecule is Cc1[nH]c(-c2ccncc2)c(Cl)c1C#N. The lowest BCUT2D eigenvalue weighted by atomic mass is 10.2. The van der Waals surface area contributed by atoms with E-state index in [1.165, 1.54) is 0 Å². The molecule has 0 spiro atoms. The number of H-pyrrole nitrogens is 1. The van der Waals surface area contributed by atoms with Crippen molar-refractivity contribution in [3.63, 3.8) is 0 Å². The second-order valence-corrected chi connectivity index (χ2v) is 3.54. The molecule has 0 aromatic carbocycles. The van der Waals surface area contributed by atoms with E-state index in [4.69, 9.17) is 16.9 Å². The van der Waals surface area contributed by atoms with Crippen LogP contribution in [0.3, 0.4) is 0 Å². The fourth-order valence-corrected chi connectivity index (χ4v) is 1.79. The average molecular weight is 218 g/mol. The number of rotatable bonds is 1. The van der Waals surface area contributed by atoms with Gasteiger partial charge in [0, 0.05) is 23.7 Å². The van der Waals surface area contributed by atoms with Gasteiger partial charge in [-0.3, -0.25) is 4.98 Å². The molecule has 2 rings (SSSR count). The van der Waals surface area contributed by atoms with E-state index in [9.17, 15) is 0 Å². The van der Waals surface area contributed by atoms with Crippen molar-refractivity contribution < 1.29 is 0 Å². The predicted molar refractivity (Wildman–Crippen MR) is 58.5 cm³/mol. The second kappa shape index (κ2) is 3.76. The van der Waals surface area contributed by atoms with Gasteiger partial charge in [0.25, 0.3) is 0 Å². The molecule has 2 heterocycles. The maximum absolute atomic E-state index is 8.89. The van der Waals surface area contributed by atoms with Crippen LogP contribution in [0, 0.1) is 18.3 Å². The van der Waals surface area contributed by atoms with Crippen LogP contribution in [-0.2, 0) is 0 Å². The van der Waals surface area contributed by atoms with Crippen molar-refractivity contribution in [1.82, 2.24) is 9.97 Å². The molecule has 0 amide bonds. The molecule has 0 bridgehead atoms. The van der Waals surface area contributed by atoms with Gasteiger partial charge >= 0.3 is 0 Å². The number of aryl methyl sites for hydroxylation is 1. The van der Waals surface area contributed by atoms with Gasteiger partial charge < -0.3 is 4.98 Å². The first kappa shape index (κ1) is 9.75. The summed E-state index contributed by atoms with van der Waals surface area (Å²) < 4.78 is 0. The molecule has 3 nitrogen and oxygen atoms in total. The van der Waals surface area contributed by atoms with Gasteiger partial charge in [0.15, 0.2) is 0 Å². The van der Waals surface area contributed by atoms with Gasteiger partial charge in [-0.15, -0.1) is 0 Å². The predicted octanol–water partition coefficient (Wildman–Crippen LogP) is 2.91. The first-order valence-corrected chi connectivity index (χ1v) is 4.80.